The van der Waals surface area contributed by atoms with E-state index < -0.39 is 0 Å². The Balaban J connectivity index is 0.890. The molecule has 0 radical (unpaired) electrons. The van der Waals surface area contributed by atoms with E-state index in [1.54, 1.807) is 11.3 Å². The number of thiazole rings is 1. The Morgan fingerprint density at radius 1 is 1.17 bits per heavy atom. The van der Waals surface area contributed by atoms with Crippen LogP contribution in [0.1, 0.15) is 36.9 Å². The van der Waals surface area contributed by atoms with Gasteiger partial charge in [0.25, 0.3) is 0 Å². The highest BCUT2D eigenvalue weighted by Gasteiger charge is 2.31. The van der Waals surface area contributed by atoms with Crippen molar-refractivity contribution in [3.8, 4) is 0 Å². The molecule has 6 rings (SSSR count). The predicted octanol–water partition coefficient (Wildman–Crippen LogP) is 4.67. The van der Waals surface area contributed by atoms with Gasteiger partial charge in [-0.3, -0.25) is 15.3 Å². The summed E-state index contributed by atoms with van der Waals surface area (Å²) in [6, 6.07) is 4.12. The zero-order valence-electron chi connectivity index (χ0n) is 23.7. The second-order valence-corrected chi connectivity index (χ2v) is 12.9. The Kier molecular flexibility index (Phi) is 8.90. The van der Waals surface area contributed by atoms with Crippen molar-refractivity contribution < 1.29 is 4.74 Å². The Hall–Kier alpha value is -2.92. The number of nitrogens with one attached hydrogen (secondary N) is 2. The van der Waals surface area contributed by atoms with Gasteiger partial charge in [0, 0.05) is 77.9 Å². The molecule has 1 aliphatic carbocycles. The maximum absolute atomic E-state index is 6.02. The third-order valence-electron chi connectivity index (χ3n) is 8.65. The van der Waals surface area contributed by atoms with Crippen molar-refractivity contribution in [1.29, 1.82) is 0 Å². The van der Waals surface area contributed by atoms with Gasteiger partial charge in [-0.2, -0.15) is 5.10 Å². The molecule has 2 fully saturated rings. The summed E-state index contributed by atoms with van der Waals surface area (Å²) in [5, 5.41) is 11.3. The van der Waals surface area contributed by atoms with Crippen LogP contribution >= 0.6 is 23.6 Å². The largest absolute Gasteiger partial charge is 0.366 e. The summed E-state index contributed by atoms with van der Waals surface area (Å²) in [5.74, 6) is 1.23. The second kappa shape index (κ2) is 12.9. The van der Waals surface area contributed by atoms with Gasteiger partial charge >= 0.3 is 0 Å². The molecule has 2 aromatic heterocycles. The number of allylic oxidation sites excluding steroid dienone is 4. The summed E-state index contributed by atoms with van der Waals surface area (Å²) >= 11 is 7.64. The van der Waals surface area contributed by atoms with Crippen molar-refractivity contribution >= 4 is 39.3 Å². The van der Waals surface area contributed by atoms with E-state index in [1.807, 2.05) is 25.4 Å². The van der Waals surface area contributed by atoms with Gasteiger partial charge in [0.1, 0.15) is 6.73 Å². The van der Waals surface area contributed by atoms with E-state index in [1.165, 1.54) is 10.4 Å². The fourth-order valence-corrected chi connectivity index (χ4v) is 7.35. The summed E-state index contributed by atoms with van der Waals surface area (Å²) in [7, 11) is 0. The number of hydrogen-bond donors (Lipinski definition) is 2. The lowest BCUT2D eigenvalue weighted by Gasteiger charge is -2.33. The van der Waals surface area contributed by atoms with E-state index in [4.69, 9.17) is 17.0 Å². The topological polar surface area (TPSA) is 77.9 Å². The zero-order valence-corrected chi connectivity index (χ0v) is 25.4. The first kappa shape index (κ1) is 28.2. The molecule has 41 heavy (non-hydrogen) atoms. The molecule has 216 valence electrons. The molecule has 2 saturated heterocycles. The zero-order chi connectivity index (χ0) is 28.2. The molecule has 0 spiro atoms. The number of ether oxygens (including phenoxy) is 1. The maximum atomic E-state index is 6.02. The predicted molar refractivity (Wildman–Crippen MR) is 170 cm³/mol. The van der Waals surface area contributed by atoms with E-state index in [-0.39, 0.29) is 5.92 Å². The number of pyridine rings is 1. The lowest BCUT2D eigenvalue weighted by molar-refractivity contribution is 0.137. The summed E-state index contributed by atoms with van der Waals surface area (Å²) in [6.07, 6.45) is 12.2. The first-order valence-corrected chi connectivity index (χ1v) is 15.9. The van der Waals surface area contributed by atoms with Crippen LogP contribution in [0.25, 0.3) is 0 Å². The van der Waals surface area contributed by atoms with Gasteiger partial charge in [0.15, 0.2) is 5.13 Å². The molecular weight excluding hydrogens is 551 g/mol. The molecule has 2 atom stereocenters. The van der Waals surface area contributed by atoms with Crippen molar-refractivity contribution in [2.45, 2.75) is 32.6 Å². The van der Waals surface area contributed by atoms with E-state index in [9.17, 15) is 0 Å². The van der Waals surface area contributed by atoms with Crippen LogP contribution in [0.5, 0.6) is 0 Å². The van der Waals surface area contributed by atoms with Crippen molar-refractivity contribution in [1.82, 2.24) is 25.6 Å². The maximum Gasteiger partial charge on any atom is 0.185 e. The van der Waals surface area contributed by atoms with Crippen LogP contribution in [0.3, 0.4) is 0 Å². The van der Waals surface area contributed by atoms with Crippen molar-refractivity contribution in [2.24, 2.45) is 22.9 Å². The van der Waals surface area contributed by atoms with E-state index in [0.29, 0.717) is 25.2 Å². The van der Waals surface area contributed by atoms with E-state index >= 15 is 0 Å². The van der Waals surface area contributed by atoms with Gasteiger partial charge in [-0.25, -0.2) is 4.98 Å². The molecule has 1 unspecified atom stereocenters. The Bertz CT molecular complexity index is 1340. The molecule has 10 heteroatoms. The molecule has 4 aliphatic rings. The van der Waals surface area contributed by atoms with Crippen molar-refractivity contribution in [3.63, 3.8) is 0 Å². The smallest absolute Gasteiger partial charge is 0.185 e. The standard InChI is InChI=1S/C31H39N7OS2/c1-21(25-6-11-37(17-25)18-29(40)23-7-12-38(13-8-23)31-33-10-14-41-31)19-39-20-34-26-3-4-28-27(16-26)30(36-35-28)24-5-9-32-22(2)15-24/h3-5,9-10,14-15,23,25,27,34-35H,1,6-8,11-13,16-20H2,2H3/t25-,27?/m0/s1. The van der Waals surface area contributed by atoms with Crippen LogP contribution in [0.2, 0.25) is 0 Å². The molecular formula is C31H39N7OS2. The lowest BCUT2D eigenvalue weighted by atomic mass is 9.88. The third kappa shape index (κ3) is 6.77. The molecule has 0 bridgehead atoms. The third-order valence-corrected chi connectivity index (χ3v) is 9.94. The van der Waals surface area contributed by atoms with Crippen molar-refractivity contribution in [3.05, 3.63) is 76.9 Å². The van der Waals surface area contributed by atoms with Gasteiger partial charge in [-0.15, -0.1) is 11.3 Å². The van der Waals surface area contributed by atoms with E-state index in [2.05, 4.69) is 65.8 Å². The van der Waals surface area contributed by atoms with Crippen LogP contribution in [-0.4, -0.2) is 71.5 Å². The second-order valence-electron chi connectivity index (χ2n) is 11.5. The van der Waals surface area contributed by atoms with Crippen LogP contribution in [0.4, 0.5) is 5.13 Å². The molecule has 8 nitrogen and oxygen atoms in total. The number of hydrazone groups is 1. The van der Waals surface area contributed by atoms with Crippen LogP contribution in [0, 0.1) is 24.7 Å². The number of thiocarbonyl (C=S) groups is 1. The monoisotopic (exact) mass is 589 g/mol. The number of piperidine rings is 1. The van der Waals surface area contributed by atoms with Crippen LogP contribution in [0.15, 0.2) is 70.7 Å². The normalized spacial score (nSPS) is 23.0. The molecule has 2 aromatic rings. The highest BCUT2D eigenvalue weighted by Crippen LogP contribution is 2.31. The quantitative estimate of drug-likeness (QED) is 0.170. The SMILES string of the molecule is C=C(COCNC1=CC=C2NN=C(c3ccnc(C)c3)C2C1)[C@H]1CCN(CC(=S)C2CCN(c3nccs3)CC2)C1. The molecule has 3 aliphatic heterocycles. The average Bonchev–Trinajstić information content (AvgIpc) is 3.77. The van der Waals surface area contributed by atoms with Gasteiger partial charge in [0.2, 0.25) is 0 Å². The number of aromatic nitrogens is 2. The number of likely N-dealkylation sites (tertiary alicyclic amines) is 1. The summed E-state index contributed by atoms with van der Waals surface area (Å²) in [4.78, 5) is 14.9. The molecule has 0 amide bonds. The summed E-state index contributed by atoms with van der Waals surface area (Å²) in [6.45, 7) is 12.6. The van der Waals surface area contributed by atoms with Gasteiger partial charge in [-0.1, -0.05) is 18.8 Å². The highest BCUT2D eigenvalue weighted by molar-refractivity contribution is 7.80. The number of nitrogens with zero attached hydrogens (tertiary/aromatic N) is 5. The molecule has 0 aromatic carbocycles. The summed E-state index contributed by atoms with van der Waals surface area (Å²) in [5.41, 5.74) is 9.86. The lowest BCUT2D eigenvalue weighted by Crippen LogP contribution is -2.39. The summed E-state index contributed by atoms with van der Waals surface area (Å²) < 4.78 is 6.02. The first-order chi connectivity index (χ1) is 20.0. The fourth-order valence-electron chi connectivity index (χ4n) is 6.24. The molecule has 5 heterocycles. The van der Waals surface area contributed by atoms with Gasteiger partial charge in [-0.05, 0) is 74.4 Å². The first-order valence-electron chi connectivity index (χ1n) is 14.6. The fraction of sp³-hybridized carbons (Fsp3) is 0.484. The minimum absolute atomic E-state index is 0.223. The molecule has 2 N–H and O–H groups in total. The minimum atomic E-state index is 0.223. The van der Waals surface area contributed by atoms with Crippen LogP contribution in [-0.2, 0) is 4.74 Å². The number of aryl methyl sites for hydroxylation is 1. The number of anilines is 1. The number of rotatable bonds is 11. The Morgan fingerprint density at radius 2 is 2.02 bits per heavy atom. The van der Waals surface area contributed by atoms with Gasteiger partial charge in [0.05, 0.1) is 18.2 Å². The van der Waals surface area contributed by atoms with Crippen molar-refractivity contribution in [2.75, 3.05) is 51.0 Å². The minimum Gasteiger partial charge on any atom is -0.366 e. The van der Waals surface area contributed by atoms with E-state index in [0.717, 1.165) is 91.9 Å². The highest BCUT2D eigenvalue weighted by atomic mass is 32.1. The number of fused-ring (bicyclic) bond motifs is 1. The number of hydrogen-bond acceptors (Lipinski definition) is 10. The average molecular weight is 590 g/mol. The Labute approximate surface area is 252 Å². The molecule has 0 saturated carbocycles. The van der Waals surface area contributed by atoms with Crippen LogP contribution < -0.4 is 15.6 Å². The van der Waals surface area contributed by atoms with Gasteiger partial charge < -0.3 is 15.0 Å². The Morgan fingerprint density at radius 3 is 2.83 bits per heavy atom.